The number of pyridine rings is 1. The second kappa shape index (κ2) is 6.54. The number of nitrogens with one attached hydrogen (secondary N) is 1. The van der Waals surface area contributed by atoms with E-state index >= 15 is 0 Å². The summed E-state index contributed by atoms with van der Waals surface area (Å²) in [5.74, 6) is 0. The van der Waals surface area contributed by atoms with Gasteiger partial charge in [-0.1, -0.05) is 23.2 Å². The Hall–Kier alpha value is -1.85. The van der Waals surface area contributed by atoms with E-state index in [4.69, 9.17) is 23.2 Å². The maximum atomic E-state index is 11.0. The molecule has 1 heterocycles. The van der Waals surface area contributed by atoms with Gasteiger partial charge < -0.3 is 5.32 Å². The van der Waals surface area contributed by atoms with E-state index in [1.807, 2.05) is 12.1 Å². The first kappa shape index (κ1) is 14.6. The van der Waals surface area contributed by atoms with Gasteiger partial charge in [0.1, 0.15) is 5.69 Å². The summed E-state index contributed by atoms with van der Waals surface area (Å²) < 4.78 is 0. The average Bonchev–Trinajstić information content (AvgIpc) is 2.43. The number of anilines is 1. The molecule has 20 heavy (non-hydrogen) atoms. The highest BCUT2D eigenvalue weighted by molar-refractivity contribution is 6.42. The predicted octanol–water partition coefficient (Wildman–Crippen LogP) is 3.95. The number of benzene rings is 1. The molecule has 1 N–H and O–H groups in total. The summed E-state index contributed by atoms with van der Waals surface area (Å²) in [4.78, 5) is 14.4. The number of hydrogen-bond donors (Lipinski definition) is 1. The van der Waals surface area contributed by atoms with Crippen molar-refractivity contribution in [1.29, 1.82) is 0 Å². The lowest BCUT2D eigenvalue weighted by Crippen LogP contribution is -2.07. The molecule has 104 valence electrons. The monoisotopic (exact) mass is 311 g/mol. The third kappa shape index (κ3) is 3.59. The Labute approximate surface area is 125 Å². The van der Waals surface area contributed by atoms with Crippen LogP contribution in [0.4, 0.5) is 11.4 Å². The van der Waals surface area contributed by atoms with Crippen LogP contribution in [0.15, 0.2) is 36.7 Å². The first-order chi connectivity index (χ1) is 9.58. The highest BCUT2D eigenvalue weighted by Crippen LogP contribution is 2.33. The fraction of sp³-hybridized carbons (Fsp3) is 0.154. The summed E-state index contributed by atoms with van der Waals surface area (Å²) >= 11 is 11.7. The van der Waals surface area contributed by atoms with Crippen molar-refractivity contribution in [3.05, 3.63) is 62.4 Å². The van der Waals surface area contributed by atoms with Gasteiger partial charge in [-0.25, -0.2) is 0 Å². The van der Waals surface area contributed by atoms with E-state index in [2.05, 4.69) is 10.3 Å². The van der Waals surface area contributed by atoms with Crippen LogP contribution < -0.4 is 5.32 Å². The number of nitro groups is 1. The van der Waals surface area contributed by atoms with Crippen LogP contribution in [0.5, 0.6) is 0 Å². The molecule has 0 fully saturated rings. The Balaban J connectivity index is 2.09. The Morgan fingerprint density at radius 2 is 1.85 bits per heavy atom. The number of rotatable bonds is 5. The second-order valence-electron chi connectivity index (χ2n) is 4.07. The summed E-state index contributed by atoms with van der Waals surface area (Å²) in [6.45, 7) is 0.544. The first-order valence-corrected chi connectivity index (χ1v) is 6.59. The van der Waals surface area contributed by atoms with Crippen LogP contribution in [0.2, 0.25) is 10.0 Å². The summed E-state index contributed by atoms with van der Waals surface area (Å²) in [5, 5.41) is 14.4. The van der Waals surface area contributed by atoms with E-state index < -0.39 is 4.92 Å². The largest absolute Gasteiger partial charge is 0.379 e. The van der Waals surface area contributed by atoms with Gasteiger partial charge >= 0.3 is 0 Å². The van der Waals surface area contributed by atoms with Gasteiger partial charge in [0, 0.05) is 25.0 Å². The van der Waals surface area contributed by atoms with Crippen molar-refractivity contribution >= 4 is 34.6 Å². The van der Waals surface area contributed by atoms with Crippen LogP contribution >= 0.6 is 23.2 Å². The van der Waals surface area contributed by atoms with Crippen molar-refractivity contribution in [1.82, 2.24) is 4.98 Å². The third-order valence-electron chi connectivity index (χ3n) is 2.71. The van der Waals surface area contributed by atoms with Crippen LogP contribution in [-0.4, -0.2) is 16.5 Å². The van der Waals surface area contributed by atoms with E-state index in [1.165, 1.54) is 12.1 Å². The summed E-state index contributed by atoms with van der Waals surface area (Å²) in [6.07, 6.45) is 4.13. The molecule has 0 atom stereocenters. The van der Waals surface area contributed by atoms with Gasteiger partial charge in [0.25, 0.3) is 5.69 Å². The van der Waals surface area contributed by atoms with Gasteiger partial charge in [-0.3, -0.25) is 15.1 Å². The number of aromatic nitrogens is 1. The Bertz CT molecular complexity index is 621. The predicted molar refractivity (Wildman–Crippen MR) is 79.5 cm³/mol. The van der Waals surface area contributed by atoms with E-state index in [9.17, 15) is 10.1 Å². The summed E-state index contributed by atoms with van der Waals surface area (Å²) in [6, 6.07) is 6.50. The molecule has 0 spiro atoms. The molecular weight excluding hydrogens is 301 g/mol. The van der Waals surface area contributed by atoms with Crippen molar-refractivity contribution < 1.29 is 4.92 Å². The van der Waals surface area contributed by atoms with Crippen molar-refractivity contribution in [3.63, 3.8) is 0 Å². The molecule has 2 rings (SSSR count). The molecule has 0 radical (unpaired) electrons. The van der Waals surface area contributed by atoms with E-state index in [1.54, 1.807) is 12.4 Å². The minimum absolute atomic E-state index is 0.0888. The number of nitro benzene ring substituents is 1. The normalized spacial score (nSPS) is 10.3. The lowest BCUT2D eigenvalue weighted by atomic mass is 10.2. The smallest absolute Gasteiger partial charge is 0.293 e. The zero-order valence-corrected chi connectivity index (χ0v) is 11.9. The third-order valence-corrected chi connectivity index (χ3v) is 3.44. The Morgan fingerprint density at radius 3 is 2.50 bits per heavy atom. The molecule has 0 unspecified atom stereocenters. The highest BCUT2D eigenvalue weighted by Gasteiger charge is 2.16. The molecule has 0 bridgehead atoms. The fourth-order valence-electron chi connectivity index (χ4n) is 1.72. The molecule has 0 aliphatic heterocycles. The molecule has 2 aromatic rings. The first-order valence-electron chi connectivity index (χ1n) is 5.84. The lowest BCUT2D eigenvalue weighted by Gasteiger charge is -2.08. The second-order valence-corrected chi connectivity index (χ2v) is 4.89. The minimum atomic E-state index is -0.489. The van der Waals surface area contributed by atoms with Crippen molar-refractivity contribution in [2.75, 3.05) is 11.9 Å². The van der Waals surface area contributed by atoms with Gasteiger partial charge in [-0.15, -0.1) is 0 Å². The number of nitrogens with zero attached hydrogens (tertiary/aromatic N) is 2. The summed E-state index contributed by atoms with van der Waals surface area (Å²) in [7, 11) is 0. The van der Waals surface area contributed by atoms with E-state index in [0.717, 1.165) is 12.0 Å². The van der Waals surface area contributed by atoms with Crippen molar-refractivity contribution in [3.8, 4) is 0 Å². The number of hydrogen-bond acceptors (Lipinski definition) is 4. The van der Waals surface area contributed by atoms with Gasteiger partial charge in [0.15, 0.2) is 0 Å². The SMILES string of the molecule is O=[N+]([O-])c1cc(Cl)c(Cl)cc1NCCc1ccncc1. The van der Waals surface area contributed by atoms with Gasteiger partial charge in [0.2, 0.25) is 0 Å². The number of halogens is 2. The molecular formula is C13H11Cl2N3O2. The Morgan fingerprint density at radius 1 is 1.20 bits per heavy atom. The van der Waals surface area contributed by atoms with Crippen LogP contribution in [0.1, 0.15) is 5.56 Å². The van der Waals surface area contributed by atoms with E-state index in [-0.39, 0.29) is 15.7 Å². The van der Waals surface area contributed by atoms with Gasteiger partial charge in [-0.05, 0) is 30.2 Å². The molecule has 7 heteroatoms. The molecule has 0 saturated carbocycles. The standard InChI is InChI=1S/C13H11Cl2N3O2/c14-10-7-12(13(18(19)20)8-11(10)15)17-6-3-9-1-4-16-5-2-9/h1-2,4-5,7-8,17H,3,6H2. The Kier molecular flexibility index (Phi) is 4.76. The quantitative estimate of drug-likeness (QED) is 0.670. The van der Waals surface area contributed by atoms with Crippen molar-refractivity contribution in [2.24, 2.45) is 0 Å². The molecule has 0 saturated heterocycles. The lowest BCUT2D eigenvalue weighted by molar-refractivity contribution is -0.383. The summed E-state index contributed by atoms with van der Waals surface area (Å²) in [5.41, 5.74) is 1.36. The molecule has 0 aliphatic rings. The molecule has 1 aromatic carbocycles. The fourth-order valence-corrected chi connectivity index (χ4v) is 2.04. The average molecular weight is 312 g/mol. The van der Waals surface area contributed by atoms with Crippen LogP contribution in [0.25, 0.3) is 0 Å². The van der Waals surface area contributed by atoms with Crippen LogP contribution in [0.3, 0.4) is 0 Å². The molecule has 0 aliphatic carbocycles. The highest BCUT2D eigenvalue weighted by atomic mass is 35.5. The zero-order chi connectivity index (χ0) is 14.5. The zero-order valence-electron chi connectivity index (χ0n) is 10.3. The van der Waals surface area contributed by atoms with Gasteiger partial charge in [0.05, 0.1) is 15.0 Å². The molecule has 1 aromatic heterocycles. The van der Waals surface area contributed by atoms with Crippen LogP contribution in [-0.2, 0) is 6.42 Å². The molecule has 5 nitrogen and oxygen atoms in total. The molecule has 0 amide bonds. The van der Waals surface area contributed by atoms with Crippen LogP contribution in [0, 0.1) is 10.1 Å². The maximum absolute atomic E-state index is 11.0. The maximum Gasteiger partial charge on any atom is 0.293 e. The van der Waals surface area contributed by atoms with Crippen molar-refractivity contribution in [2.45, 2.75) is 6.42 Å². The van der Waals surface area contributed by atoms with E-state index in [0.29, 0.717) is 12.2 Å². The topological polar surface area (TPSA) is 68.1 Å². The minimum Gasteiger partial charge on any atom is -0.379 e. The van der Waals surface area contributed by atoms with Gasteiger partial charge in [-0.2, -0.15) is 0 Å².